The average molecular weight is 192 g/mol. The van der Waals surface area contributed by atoms with Gasteiger partial charge in [-0.25, -0.2) is 4.89 Å². The van der Waals surface area contributed by atoms with Crippen molar-refractivity contribution in [3.63, 3.8) is 0 Å². The maximum atomic E-state index is 5.02. The third-order valence-electron chi connectivity index (χ3n) is 1.53. The molecule has 0 fully saturated rings. The molecule has 0 amide bonds. The van der Waals surface area contributed by atoms with Crippen molar-refractivity contribution < 1.29 is 14.8 Å². The van der Waals surface area contributed by atoms with Gasteiger partial charge in [-0.1, -0.05) is 37.6 Å². The summed E-state index contributed by atoms with van der Waals surface area (Å²) in [5, 5.41) is 4.25. The van der Waals surface area contributed by atoms with Gasteiger partial charge in [0.05, 0.1) is 6.61 Å². The highest BCUT2D eigenvalue weighted by Gasteiger charge is 1.94. The van der Waals surface area contributed by atoms with E-state index in [1.165, 1.54) is 19.3 Å². The molecule has 13 heavy (non-hydrogen) atoms. The van der Waals surface area contributed by atoms with Crippen LogP contribution in [0, 0.1) is 0 Å². The van der Waals surface area contributed by atoms with E-state index >= 15 is 0 Å². The van der Waals surface area contributed by atoms with E-state index in [2.05, 4.69) is 21.7 Å². The molecule has 0 saturated heterocycles. The smallest absolute Gasteiger partial charge is 0.195 e. The van der Waals surface area contributed by atoms with Crippen LogP contribution in [0.5, 0.6) is 0 Å². The Bertz CT molecular complexity index is 101. The molecule has 4 N–H and O–H groups in total. The third-order valence-corrected chi connectivity index (χ3v) is 1.53. The zero-order chi connectivity index (χ0) is 9.94. The molecule has 0 aromatic rings. The highest BCUT2D eigenvalue weighted by Crippen LogP contribution is 2.02. The molecule has 0 bridgehead atoms. The van der Waals surface area contributed by atoms with E-state index in [0.717, 1.165) is 12.8 Å². The first kappa shape index (κ1) is 12.8. The molecule has 0 aromatic carbocycles. The van der Waals surface area contributed by atoms with Crippen molar-refractivity contribution in [3.05, 3.63) is 0 Å². The van der Waals surface area contributed by atoms with Crippen LogP contribution in [0.15, 0.2) is 0 Å². The Hall–Kier alpha value is -0.200. The Morgan fingerprint density at radius 1 is 1.08 bits per heavy atom. The van der Waals surface area contributed by atoms with Crippen LogP contribution >= 0.6 is 0 Å². The molecule has 0 rings (SSSR count). The van der Waals surface area contributed by atoms with E-state index in [0.29, 0.717) is 6.61 Å². The molecule has 0 saturated carbocycles. The van der Waals surface area contributed by atoms with Crippen molar-refractivity contribution in [2.75, 3.05) is 6.61 Å². The standard InChI is InChI=1S/C8H20N2O3/c1-2-3-4-5-6-7-11-13-12-8(9)10/h8H,2-7,9-10H2,1H3. The van der Waals surface area contributed by atoms with Crippen LogP contribution in [0.25, 0.3) is 0 Å². The van der Waals surface area contributed by atoms with Crippen LogP contribution in [0.1, 0.15) is 39.0 Å². The van der Waals surface area contributed by atoms with Crippen molar-refractivity contribution in [2.24, 2.45) is 11.5 Å². The lowest BCUT2D eigenvalue weighted by molar-refractivity contribution is -0.525. The van der Waals surface area contributed by atoms with Gasteiger partial charge in [-0.15, -0.1) is 0 Å². The van der Waals surface area contributed by atoms with Crippen LogP contribution < -0.4 is 11.5 Å². The summed E-state index contributed by atoms with van der Waals surface area (Å²) in [4.78, 5) is 8.95. The predicted octanol–water partition coefficient (Wildman–Crippen LogP) is 1.04. The number of hydrogen-bond acceptors (Lipinski definition) is 5. The molecule has 5 heteroatoms. The fourth-order valence-electron chi connectivity index (χ4n) is 0.872. The highest BCUT2D eigenvalue weighted by atomic mass is 17.5. The first-order chi connectivity index (χ1) is 6.27. The average Bonchev–Trinajstić information content (AvgIpc) is 2.09. The van der Waals surface area contributed by atoms with E-state index in [-0.39, 0.29) is 0 Å². The van der Waals surface area contributed by atoms with E-state index in [1.807, 2.05) is 0 Å². The van der Waals surface area contributed by atoms with E-state index in [9.17, 15) is 0 Å². The van der Waals surface area contributed by atoms with Gasteiger partial charge in [0, 0.05) is 0 Å². The van der Waals surface area contributed by atoms with Crippen molar-refractivity contribution in [1.82, 2.24) is 0 Å². The minimum Gasteiger partial charge on any atom is -0.291 e. The topological polar surface area (TPSA) is 79.7 Å². The zero-order valence-corrected chi connectivity index (χ0v) is 8.20. The maximum Gasteiger partial charge on any atom is 0.195 e. The summed E-state index contributed by atoms with van der Waals surface area (Å²) < 4.78 is 0. The number of hydrogen-bond donors (Lipinski definition) is 2. The monoisotopic (exact) mass is 192 g/mol. The second-order valence-corrected chi connectivity index (χ2v) is 2.87. The first-order valence-corrected chi connectivity index (χ1v) is 4.73. The molecule has 0 aliphatic heterocycles. The molecule has 0 aliphatic rings. The van der Waals surface area contributed by atoms with Gasteiger partial charge in [0.15, 0.2) is 6.35 Å². The van der Waals surface area contributed by atoms with Gasteiger partial charge in [-0.05, 0) is 6.42 Å². The number of rotatable bonds is 9. The Morgan fingerprint density at radius 2 is 1.77 bits per heavy atom. The second kappa shape index (κ2) is 9.88. The summed E-state index contributed by atoms with van der Waals surface area (Å²) in [5.74, 6) is 0. The van der Waals surface area contributed by atoms with Crippen LogP contribution in [0.2, 0.25) is 0 Å². The van der Waals surface area contributed by atoms with Crippen LogP contribution in [-0.4, -0.2) is 13.0 Å². The minimum atomic E-state index is -0.944. The molecule has 0 atom stereocenters. The van der Waals surface area contributed by atoms with Gasteiger partial charge in [0.2, 0.25) is 0 Å². The molecule has 0 radical (unpaired) electrons. The fourth-order valence-corrected chi connectivity index (χ4v) is 0.872. The highest BCUT2D eigenvalue weighted by molar-refractivity contribution is 4.39. The Kier molecular flexibility index (Phi) is 9.73. The van der Waals surface area contributed by atoms with Crippen LogP contribution in [-0.2, 0) is 14.8 Å². The van der Waals surface area contributed by atoms with E-state index in [1.54, 1.807) is 0 Å². The second-order valence-electron chi connectivity index (χ2n) is 2.87. The molecule has 0 aromatic heterocycles. The largest absolute Gasteiger partial charge is 0.291 e. The summed E-state index contributed by atoms with van der Waals surface area (Å²) >= 11 is 0. The molecule has 0 unspecified atom stereocenters. The van der Waals surface area contributed by atoms with Crippen molar-refractivity contribution in [3.8, 4) is 0 Å². The van der Waals surface area contributed by atoms with Gasteiger partial charge >= 0.3 is 0 Å². The number of nitrogens with two attached hydrogens (primary N) is 2. The van der Waals surface area contributed by atoms with Gasteiger partial charge in [0.25, 0.3) is 0 Å². The maximum absolute atomic E-state index is 5.02. The molecular weight excluding hydrogens is 172 g/mol. The van der Waals surface area contributed by atoms with E-state index in [4.69, 9.17) is 11.5 Å². The summed E-state index contributed by atoms with van der Waals surface area (Å²) in [5.41, 5.74) is 10.0. The first-order valence-electron chi connectivity index (χ1n) is 4.73. The van der Waals surface area contributed by atoms with Crippen molar-refractivity contribution in [1.29, 1.82) is 0 Å². The predicted molar refractivity (Wildman–Crippen MR) is 49.0 cm³/mol. The Balaban J connectivity index is 2.84. The number of unbranched alkanes of at least 4 members (excludes halogenated alkanes) is 4. The summed E-state index contributed by atoms with van der Waals surface area (Å²) in [6.45, 7) is 2.69. The Labute approximate surface area is 79.2 Å². The molecular formula is C8H20N2O3. The summed E-state index contributed by atoms with van der Waals surface area (Å²) in [6, 6.07) is 0. The summed E-state index contributed by atoms with van der Waals surface area (Å²) in [6.07, 6.45) is 4.90. The van der Waals surface area contributed by atoms with Gasteiger partial charge in [-0.3, -0.25) is 11.5 Å². The molecule has 5 nitrogen and oxygen atoms in total. The van der Waals surface area contributed by atoms with Crippen molar-refractivity contribution in [2.45, 2.75) is 45.4 Å². The molecule has 0 aliphatic carbocycles. The quantitative estimate of drug-likeness (QED) is 0.247. The summed E-state index contributed by atoms with van der Waals surface area (Å²) in [7, 11) is 0. The fraction of sp³-hybridized carbons (Fsp3) is 1.00. The van der Waals surface area contributed by atoms with Crippen LogP contribution in [0.4, 0.5) is 0 Å². The van der Waals surface area contributed by atoms with Crippen LogP contribution in [0.3, 0.4) is 0 Å². The lowest BCUT2D eigenvalue weighted by Crippen LogP contribution is -2.33. The minimum absolute atomic E-state index is 0.510. The molecule has 80 valence electrons. The SMILES string of the molecule is CCCCCCCOOOC(N)N. The van der Waals surface area contributed by atoms with Crippen molar-refractivity contribution >= 4 is 0 Å². The lowest BCUT2D eigenvalue weighted by atomic mass is 10.2. The third kappa shape index (κ3) is 11.8. The lowest BCUT2D eigenvalue weighted by Gasteiger charge is -2.04. The molecule has 0 spiro atoms. The zero-order valence-electron chi connectivity index (χ0n) is 8.20. The van der Waals surface area contributed by atoms with Gasteiger partial charge < -0.3 is 0 Å². The normalized spacial score (nSPS) is 11.1. The van der Waals surface area contributed by atoms with E-state index < -0.39 is 6.35 Å². The van der Waals surface area contributed by atoms with Gasteiger partial charge in [-0.2, -0.15) is 4.89 Å². The Morgan fingerprint density at radius 3 is 2.38 bits per heavy atom. The van der Waals surface area contributed by atoms with Gasteiger partial charge in [0.1, 0.15) is 0 Å². The molecule has 0 heterocycles.